The molecule has 4 nitrogen and oxygen atoms in total. The van der Waals surface area contributed by atoms with Crippen molar-refractivity contribution in [3.8, 4) is 0 Å². The highest BCUT2D eigenvalue weighted by molar-refractivity contribution is 6.63. The molecule has 1 rings (SSSR count). The number of aromatic nitrogens is 2. The van der Waals surface area contributed by atoms with Gasteiger partial charge in [0.1, 0.15) is 0 Å². The van der Waals surface area contributed by atoms with E-state index >= 15 is 0 Å². The zero-order chi connectivity index (χ0) is 9.84. The van der Waals surface area contributed by atoms with Crippen molar-refractivity contribution in [3.63, 3.8) is 0 Å². The molecule has 0 aliphatic heterocycles. The standard InChI is InChI=1S/C8H9ClN2O2/c1-2-11-8(13)4-3-6(10-11)5-7(9)12/h3-4H,2,5H2,1H3. The van der Waals surface area contributed by atoms with Crippen LogP contribution in [-0.4, -0.2) is 15.0 Å². The maximum Gasteiger partial charge on any atom is 0.266 e. The lowest BCUT2D eigenvalue weighted by atomic mass is 10.3. The molecule has 13 heavy (non-hydrogen) atoms. The normalized spacial score (nSPS) is 10.0. The topological polar surface area (TPSA) is 52.0 Å². The number of hydrogen-bond acceptors (Lipinski definition) is 3. The van der Waals surface area contributed by atoms with E-state index in [1.165, 1.54) is 16.8 Å². The van der Waals surface area contributed by atoms with E-state index in [1.54, 1.807) is 6.92 Å². The Hall–Kier alpha value is -1.16. The number of halogens is 1. The maximum absolute atomic E-state index is 11.1. The van der Waals surface area contributed by atoms with E-state index in [0.29, 0.717) is 12.2 Å². The highest BCUT2D eigenvalue weighted by atomic mass is 35.5. The first-order chi connectivity index (χ1) is 6.13. The summed E-state index contributed by atoms with van der Waals surface area (Å²) >= 11 is 5.18. The van der Waals surface area contributed by atoms with Gasteiger partial charge in [-0.25, -0.2) is 4.68 Å². The Kier molecular flexibility index (Phi) is 3.19. The molecule has 0 N–H and O–H groups in total. The minimum atomic E-state index is -0.478. The molecule has 0 saturated heterocycles. The van der Waals surface area contributed by atoms with Gasteiger partial charge in [0.2, 0.25) is 5.24 Å². The molecule has 0 aromatic carbocycles. The molecular weight excluding hydrogens is 192 g/mol. The van der Waals surface area contributed by atoms with E-state index in [1.807, 2.05) is 0 Å². The van der Waals surface area contributed by atoms with Crippen LogP contribution in [0.3, 0.4) is 0 Å². The second-order valence-electron chi connectivity index (χ2n) is 2.51. The fourth-order valence-electron chi connectivity index (χ4n) is 0.954. The summed E-state index contributed by atoms with van der Waals surface area (Å²) in [7, 11) is 0. The Morgan fingerprint density at radius 2 is 2.31 bits per heavy atom. The summed E-state index contributed by atoms with van der Waals surface area (Å²) in [4.78, 5) is 21.6. The van der Waals surface area contributed by atoms with Gasteiger partial charge in [0, 0.05) is 12.6 Å². The summed E-state index contributed by atoms with van der Waals surface area (Å²) in [5.41, 5.74) is 0.342. The van der Waals surface area contributed by atoms with E-state index in [9.17, 15) is 9.59 Å². The van der Waals surface area contributed by atoms with Crippen LogP contribution in [-0.2, 0) is 17.8 Å². The molecular formula is C8H9ClN2O2. The number of rotatable bonds is 3. The zero-order valence-corrected chi connectivity index (χ0v) is 7.91. The van der Waals surface area contributed by atoms with Crippen LogP contribution in [0.5, 0.6) is 0 Å². The molecule has 1 aromatic rings. The minimum Gasteiger partial charge on any atom is -0.281 e. The molecule has 0 atom stereocenters. The molecule has 0 unspecified atom stereocenters. The van der Waals surface area contributed by atoms with Crippen molar-refractivity contribution in [2.24, 2.45) is 0 Å². The number of nitrogens with zero attached hydrogens (tertiary/aromatic N) is 2. The average Bonchev–Trinajstić information content (AvgIpc) is 2.07. The van der Waals surface area contributed by atoms with Crippen molar-refractivity contribution in [2.45, 2.75) is 19.9 Å². The van der Waals surface area contributed by atoms with Gasteiger partial charge in [0.05, 0.1) is 12.1 Å². The summed E-state index contributed by atoms with van der Waals surface area (Å²) in [6, 6.07) is 2.89. The molecule has 0 aliphatic rings. The molecule has 1 aromatic heterocycles. The third kappa shape index (κ3) is 2.66. The summed E-state index contributed by atoms with van der Waals surface area (Å²) < 4.78 is 1.29. The molecule has 5 heteroatoms. The van der Waals surface area contributed by atoms with Crippen molar-refractivity contribution >= 4 is 16.8 Å². The lowest BCUT2D eigenvalue weighted by molar-refractivity contribution is -0.111. The smallest absolute Gasteiger partial charge is 0.266 e. The first-order valence-corrected chi connectivity index (χ1v) is 4.26. The fourth-order valence-corrected chi connectivity index (χ4v) is 1.09. The predicted octanol–water partition coefficient (Wildman–Crippen LogP) is 0.571. The molecule has 0 fully saturated rings. The van der Waals surface area contributed by atoms with Gasteiger partial charge in [-0.1, -0.05) is 0 Å². The van der Waals surface area contributed by atoms with Crippen LogP contribution in [0.15, 0.2) is 16.9 Å². The quantitative estimate of drug-likeness (QED) is 0.671. The van der Waals surface area contributed by atoms with Crippen molar-refractivity contribution in [2.75, 3.05) is 0 Å². The van der Waals surface area contributed by atoms with E-state index in [0.717, 1.165) is 0 Å². The largest absolute Gasteiger partial charge is 0.281 e. The van der Waals surface area contributed by atoms with Crippen molar-refractivity contribution in [3.05, 3.63) is 28.2 Å². The van der Waals surface area contributed by atoms with Gasteiger partial charge in [0.15, 0.2) is 0 Å². The van der Waals surface area contributed by atoms with Crippen molar-refractivity contribution in [1.82, 2.24) is 9.78 Å². The van der Waals surface area contributed by atoms with Gasteiger partial charge in [0.25, 0.3) is 5.56 Å². The molecule has 0 radical (unpaired) electrons. The third-order valence-electron chi connectivity index (χ3n) is 1.54. The SMILES string of the molecule is CCn1nc(CC(=O)Cl)ccc1=O. The number of carbonyl (C=O) groups is 1. The van der Waals surface area contributed by atoms with E-state index < -0.39 is 5.24 Å². The number of aryl methyl sites for hydroxylation is 1. The Labute approximate surface area is 80.1 Å². The summed E-state index contributed by atoms with van der Waals surface area (Å²) in [6.45, 7) is 2.30. The molecule has 0 bridgehead atoms. The highest BCUT2D eigenvalue weighted by Gasteiger charge is 2.02. The van der Waals surface area contributed by atoms with Crippen LogP contribution in [0.1, 0.15) is 12.6 Å². The molecule has 0 saturated carbocycles. The van der Waals surface area contributed by atoms with Crippen LogP contribution in [0.25, 0.3) is 0 Å². The van der Waals surface area contributed by atoms with Gasteiger partial charge in [-0.05, 0) is 24.6 Å². The molecule has 70 valence electrons. The second-order valence-corrected chi connectivity index (χ2v) is 2.93. The van der Waals surface area contributed by atoms with E-state index in [4.69, 9.17) is 11.6 Å². The zero-order valence-electron chi connectivity index (χ0n) is 7.16. The summed E-state index contributed by atoms with van der Waals surface area (Å²) in [5.74, 6) is 0. The minimum absolute atomic E-state index is 0.0574. The summed E-state index contributed by atoms with van der Waals surface area (Å²) in [6.07, 6.45) is 0.0574. The Morgan fingerprint density at radius 1 is 1.62 bits per heavy atom. The molecule has 0 amide bonds. The average molecular weight is 201 g/mol. The predicted molar refractivity (Wildman–Crippen MR) is 48.7 cm³/mol. The van der Waals surface area contributed by atoms with Crippen LogP contribution in [0.4, 0.5) is 0 Å². The van der Waals surface area contributed by atoms with E-state index in [-0.39, 0.29) is 12.0 Å². The Balaban J connectivity index is 2.99. The molecule has 1 heterocycles. The van der Waals surface area contributed by atoms with Gasteiger partial charge in [-0.3, -0.25) is 9.59 Å². The number of hydrogen-bond donors (Lipinski definition) is 0. The lowest BCUT2D eigenvalue weighted by Crippen LogP contribution is -2.22. The van der Waals surface area contributed by atoms with E-state index in [2.05, 4.69) is 5.10 Å². The van der Waals surface area contributed by atoms with Crippen LogP contribution < -0.4 is 5.56 Å². The first-order valence-electron chi connectivity index (χ1n) is 3.89. The first kappa shape index (κ1) is 9.92. The van der Waals surface area contributed by atoms with Crippen LogP contribution in [0, 0.1) is 0 Å². The highest BCUT2D eigenvalue weighted by Crippen LogP contribution is 1.95. The monoisotopic (exact) mass is 200 g/mol. The molecule has 0 aliphatic carbocycles. The van der Waals surface area contributed by atoms with Gasteiger partial charge in [-0.15, -0.1) is 0 Å². The molecule has 0 spiro atoms. The lowest BCUT2D eigenvalue weighted by Gasteiger charge is -2.01. The van der Waals surface area contributed by atoms with Crippen molar-refractivity contribution in [1.29, 1.82) is 0 Å². The van der Waals surface area contributed by atoms with Crippen LogP contribution >= 0.6 is 11.6 Å². The Bertz CT molecular complexity index is 373. The summed E-state index contributed by atoms with van der Waals surface area (Å²) in [5, 5.41) is 3.45. The Morgan fingerprint density at radius 3 is 2.85 bits per heavy atom. The van der Waals surface area contributed by atoms with Crippen LogP contribution in [0.2, 0.25) is 0 Å². The number of carbonyl (C=O) groups excluding carboxylic acids is 1. The second kappa shape index (κ2) is 4.18. The maximum atomic E-state index is 11.1. The van der Waals surface area contributed by atoms with Gasteiger partial charge in [-0.2, -0.15) is 5.10 Å². The third-order valence-corrected chi connectivity index (χ3v) is 1.68. The van der Waals surface area contributed by atoms with Crippen molar-refractivity contribution < 1.29 is 4.79 Å². The van der Waals surface area contributed by atoms with Gasteiger partial charge >= 0.3 is 0 Å². The van der Waals surface area contributed by atoms with Gasteiger partial charge < -0.3 is 0 Å². The fraction of sp³-hybridized carbons (Fsp3) is 0.375.